The number of hydrogen-bond donors (Lipinski definition) is 3. The topological polar surface area (TPSA) is 92.6 Å². The van der Waals surface area contributed by atoms with Crippen molar-refractivity contribution in [3.05, 3.63) is 77.1 Å². The molecule has 176 valence electrons. The van der Waals surface area contributed by atoms with Gasteiger partial charge in [0.15, 0.2) is 5.96 Å². The molecule has 0 fully saturated rings. The summed E-state index contributed by atoms with van der Waals surface area (Å²) in [7, 11) is 3.32. The summed E-state index contributed by atoms with van der Waals surface area (Å²) in [5.74, 6) is 1.25. The maximum Gasteiger partial charge on any atom is 0.251 e. The van der Waals surface area contributed by atoms with E-state index in [9.17, 15) is 4.79 Å². The zero-order chi connectivity index (χ0) is 22.9. The number of hydrogen-bond acceptors (Lipinski definition) is 4. The van der Waals surface area contributed by atoms with Gasteiger partial charge in [0.2, 0.25) is 0 Å². The van der Waals surface area contributed by atoms with E-state index in [1.807, 2.05) is 30.7 Å². The van der Waals surface area contributed by atoms with Crippen LogP contribution in [0.25, 0.3) is 5.69 Å². The molecule has 0 saturated carbocycles. The molecule has 0 aliphatic carbocycles. The van der Waals surface area contributed by atoms with E-state index in [1.54, 1.807) is 38.4 Å². The maximum absolute atomic E-state index is 12.2. The first kappa shape index (κ1) is 26.2. The van der Waals surface area contributed by atoms with Crippen LogP contribution < -0.4 is 20.7 Å². The summed E-state index contributed by atoms with van der Waals surface area (Å²) in [6.07, 6.45) is 0. The molecule has 0 aliphatic rings. The van der Waals surface area contributed by atoms with Crippen molar-refractivity contribution < 1.29 is 9.53 Å². The van der Waals surface area contributed by atoms with Crippen molar-refractivity contribution in [2.45, 2.75) is 20.4 Å². The highest BCUT2D eigenvalue weighted by atomic mass is 127. The minimum atomic E-state index is -0.129. The number of nitrogens with zero attached hydrogens (tertiary/aromatic N) is 3. The summed E-state index contributed by atoms with van der Waals surface area (Å²) in [6.45, 7) is 5.63. The van der Waals surface area contributed by atoms with Crippen LogP contribution in [-0.2, 0) is 6.54 Å². The van der Waals surface area contributed by atoms with Crippen LogP contribution in [-0.4, -0.2) is 48.9 Å². The second-order valence-electron chi connectivity index (χ2n) is 7.30. The molecule has 0 unspecified atom stereocenters. The Balaban J connectivity index is 0.00000385. The third kappa shape index (κ3) is 7.21. The Hall–Kier alpha value is -3.08. The van der Waals surface area contributed by atoms with Crippen molar-refractivity contribution >= 4 is 35.8 Å². The van der Waals surface area contributed by atoms with E-state index in [-0.39, 0.29) is 29.9 Å². The maximum atomic E-state index is 12.2. The van der Waals surface area contributed by atoms with Gasteiger partial charge in [-0.1, -0.05) is 18.2 Å². The molecular formula is C24H31IN6O2. The van der Waals surface area contributed by atoms with E-state index in [1.165, 1.54) is 0 Å². The lowest BCUT2D eigenvalue weighted by molar-refractivity contribution is 0.0954. The van der Waals surface area contributed by atoms with Crippen LogP contribution in [0.3, 0.4) is 0 Å². The molecule has 3 aromatic rings. The average molecular weight is 562 g/mol. The number of ether oxygens (including phenoxy) is 1. The quantitative estimate of drug-likeness (QED) is 0.170. The Morgan fingerprint density at radius 2 is 1.73 bits per heavy atom. The van der Waals surface area contributed by atoms with Gasteiger partial charge in [0.05, 0.1) is 18.5 Å². The summed E-state index contributed by atoms with van der Waals surface area (Å²) >= 11 is 0. The van der Waals surface area contributed by atoms with Gasteiger partial charge in [0, 0.05) is 37.9 Å². The number of methoxy groups -OCH3 is 1. The van der Waals surface area contributed by atoms with Crippen LogP contribution >= 0.6 is 24.0 Å². The van der Waals surface area contributed by atoms with E-state index >= 15 is 0 Å². The van der Waals surface area contributed by atoms with E-state index < -0.39 is 0 Å². The third-order valence-electron chi connectivity index (χ3n) is 4.95. The van der Waals surface area contributed by atoms with E-state index in [2.05, 4.69) is 44.2 Å². The fourth-order valence-corrected chi connectivity index (χ4v) is 3.34. The summed E-state index contributed by atoms with van der Waals surface area (Å²) in [5, 5.41) is 14.0. The molecule has 0 bridgehead atoms. The zero-order valence-electron chi connectivity index (χ0n) is 19.4. The number of nitrogens with one attached hydrogen (secondary N) is 3. The fourth-order valence-electron chi connectivity index (χ4n) is 3.34. The molecule has 1 heterocycles. The first-order valence-electron chi connectivity index (χ1n) is 10.5. The summed E-state index contributed by atoms with van der Waals surface area (Å²) < 4.78 is 7.07. The van der Waals surface area contributed by atoms with Gasteiger partial charge in [-0.2, -0.15) is 5.10 Å². The summed E-state index contributed by atoms with van der Waals surface area (Å²) in [4.78, 5) is 16.5. The predicted octanol–water partition coefficient (Wildman–Crippen LogP) is 3.21. The molecule has 0 saturated heterocycles. The average Bonchev–Trinajstić information content (AvgIpc) is 3.16. The Morgan fingerprint density at radius 1 is 1.03 bits per heavy atom. The van der Waals surface area contributed by atoms with Gasteiger partial charge in [0.25, 0.3) is 5.91 Å². The zero-order valence-corrected chi connectivity index (χ0v) is 21.7. The van der Waals surface area contributed by atoms with Crippen LogP contribution in [0.15, 0.2) is 59.6 Å². The van der Waals surface area contributed by atoms with Crippen LogP contribution in [0.4, 0.5) is 0 Å². The van der Waals surface area contributed by atoms with Gasteiger partial charge < -0.3 is 20.7 Å². The number of halogens is 1. The van der Waals surface area contributed by atoms with E-state index in [0.29, 0.717) is 31.2 Å². The number of aryl methyl sites for hydroxylation is 2. The Morgan fingerprint density at radius 3 is 2.36 bits per heavy atom. The molecule has 3 N–H and O–H groups in total. The molecule has 0 spiro atoms. The molecule has 0 atom stereocenters. The van der Waals surface area contributed by atoms with Crippen LogP contribution in [0, 0.1) is 13.8 Å². The number of aliphatic imine (C=N–C) groups is 1. The molecule has 33 heavy (non-hydrogen) atoms. The number of rotatable bonds is 8. The highest BCUT2D eigenvalue weighted by Gasteiger charge is 2.09. The lowest BCUT2D eigenvalue weighted by Crippen LogP contribution is -2.41. The molecular weight excluding hydrogens is 531 g/mol. The molecule has 8 nitrogen and oxygen atoms in total. The number of carbonyl (C=O) groups excluding carboxylic acids is 1. The minimum absolute atomic E-state index is 0. The first-order valence-corrected chi connectivity index (χ1v) is 10.5. The van der Waals surface area contributed by atoms with Crippen LogP contribution in [0.1, 0.15) is 27.3 Å². The molecule has 1 aromatic heterocycles. The van der Waals surface area contributed by atoms with Crippen molar-refractivity contribution in [3.8, 4) is 11.4 Å². The van der Waals surface area contributed by atoms with Gasteiger partial charge >= 0.3 is 0 Å². The van der Waals surface area contributed by atoms with Crippen molar-refractivity contribution in [1.29, 1.82) is 0 Å². The van der Waals surface area contributed by atoms with Gasteiger partial charge in [-0.3, -0.25) is 9.79 Å². The van der Waals surface area contributed by atoms with Gasteiger partial charge in [-0.15, -0.1) is 24.0 Å². The number of amides is 1. The SMILES string of the molecule is CN=C(NCCNC(=O)c1ccc(OC)cc1)NCc1ccccc1-n1nc(C)cc1C.I. The number of para-hydroxylation sites is 1. The van der Waals surface area contributed by atoms with Crippen molar-refractivity contribution in [1.82, 2.24) is 25.7 Å². The number of carbonyl (C=O) groups is 1. The van der Waals surface area contributed by atoms with Crippen LogP contribution in [0.5, 0.6) is 5.75 Å². The van der Waals surface area contributed by atoms with Gasteiger partial charge in [-0.25, -0.2) is 4.68 Å². The smallest absolute Gasteiger partial charge is 0.251 e. The Kier molecular flexibility index (Phi) is 10.2. The summed E-state index contributed by atoms with van der Waals surface area (Å²) in [6, 6.07) is 17.2. The molecule has 0 aliphatic heterocycles. The summed E-state index contributed by atoms with van der Waals surface area (Å²) in [5.41, 5.74) is 4.81. The van der Waals surface area contributed by atoms with E-state index in [4.69, 9.17) is 4.74 Å². The molecule has 0 radical (unpaired) electrons. The van der Waals surface area contributed by atoms with Crippen molar-refractivity contribution in [2.75, 3.05) is 27.2 Å². The largest absolute Gasteiger partial charge is 0.497 e. The van der Waals surface area contributed by atoms with Crippen LogP contribution in [0.2, 0.25) is 0 Å². The normalized spacial score (nSPS) is 10.8. The molecule has 3 rings (SSSR count). The molecule has 9 heteroatoms. The minimum Gasteiger partial charge on any atom is -0.497 e. The Bertz CT molecular complexity index is 1080. The molecule has 1 amide bonds. The van der Waals surface area contributed by atoms with Gasteiger partial charge in [0.1, 0.15) is 5.75 Å². The predicted molar refractivity (Wildman–Crippen MR) is 142 cm³/mol. The monoisotopic (exact) mass is 562 g/mol. The Labute approximate surface area is 211 Å². The highest BCUT2D eigenvalue weighted by molar-refractivity contribution is 14.0. The lowest BCUT2D eigenvalue weighted by atomic mass is 10.1. The first-order chi connectivity index (χ1) is 15.5. The fraction of sp³-hybridized carbons (Fsp3) is 0.292. The highest BCUT2D eigenvalue weighted by Crippen LogP contribution is 2.17. The third-order valence-corrected chi connectivity index (χ3v) is 4.95. The van der Waals surface area contributed by atoms with Crippen molar-refractivity contribution in [3.63, 3.8) is 0 Å². The number of aromatic nitrogens is 2. The van der Waals surface area contributed by atoms with Crippen molar-refractivity contribution in [2.24, 2.45) is 4.99 Å². The number of benzene rings is 2. The second kappa shape index (κ2) is 12.8. The van der Waals surface area contributed by atoms with Gasteiger partial charge in [-0.05, 0) is 55.8 Å². The number of guanidine groups is 1. The van der Waals surface area contributed by atoms with E-state index in [0.717, 1.165) is 28.4 Å². The molecule has 2 aromatic carbocycles. The standard InChI is InChI=1S/C24H30N6O2.HI/c1-17-15-18(2)30(29-17)22-8-6-5-7-20(22)16-28-24(25-3)27-14-13-26-23(31)19-9-11-21(32-4)12-10-19;/h5-12,15H,13-14,16H2,1-4H3,(H,26,31)(H2,25,27,28);1H. The second-order valence-corrected chi connectivity index (χ2v) is 7.30. The lowest BCUT2D eigenvalue weighted by Gasteiger charge is -2.15.